The molecule has 0 radical (unpaired) electrons. The van der Waals surface area contributed by atoms with Crippen molar-refractivity contribution in [2.24, 2.45) is 5.92 Å². The first-order chi connectivity index (χ1) is 16.7. The van der Waals surface area contributed by atoms with Crippen LogP contribution in [-0.2, 0) is 11.7 Å². The summed E-state index contributed by atoms with van der Waals surface area (Å²) in [4.78, 5) is 21.2. The zero-order valence-corrected chi connectivity index (χ0v) is 20.4. The van der Waals surface area contributed by atoms with E-state index in [0.29, 0.717) is 23.7 Å². The van der Waals surface area contributed by atoms with Crippen LogP contribution in [-0.4, -0.2) is 41.6 Å². The molecule has 1 saturated heterocycles. The van der Waals surface area contributed by atoms with Crippen LogP contribution in [0.15, 0.2) is 42.6 Å². The first-order valence-corrected chi connectivity index (χ1v) is 12.5. The molecular formula is C27H33F3N4O. The third-order valence-electron chi connectivity index (χ3n) is 8.66. The fraction of sp³-hybridized carbons (Fsp3) is 0.556. The first kappa shape index (κ1) is 24.1. The first-order valence-electron chi connectivity index (χ1n) is 12.5. The molecule has 35 heavy (non-hydrogen) atoms. The molecule has 1 spiro atoms. The Kier molecular flexibility index (Phi) is 6.06. The van der Waals surface area contributed by atoms with Gasteiger partial charge < -0.3 is 10.2 Å². The molecule has 3 fully saturated rings. The van der Waals surface area contributed by atoms with Crippen molar-refractivity contribution >= 4 is 11.7 Å². The number of alkyl halides is 3. The highest BCUT2D eigenvalue weighted by molar-refractivity contribution is 5.96. The van der Waals surface area contributed by atoms with Crippen molar-refractivity contribution in [1.82, 2.24) is 15.2 Å². The van der Waals surface area contributed by atoms with Gasteiger partial charge in [0.1, 0.15) is 5.69 Å². The molecule has 188 valence electrons. The number of halogens is 3. The summed E-state index contributed by atoms with van der Waals surface area (Å²) in [5.74, 6) is 0.507. The van der Waals surface area contributed by atoms with E-state index in [9.17, 15) is 18.0 Å². The fourth-order valence-electron chi connectivity index (χ4n) is 6.19. The van der Waals surface area contributed by atoms with E-state index in [0.717, 1.165) is 51.1 Å². The number of nitrogens with one attached hydrogen (secondary N) is 1. The quantitative estimate of drug-likeness (QED) is 0.574. The lowest BCUT2D eigenvalue weighted by molar-refractivity contribution is -0.141. The van der Waals surface area contributed by atoms with Gasteiger partial charge in [-0.25, -0.2) is 9.78 Å². The zero-order chi connectivity index (χ0) is 24.8. The molecule has 2 saturated carbocycles. The molecule has 5 rings (SSSR count). The number of aryl methyl sites for hydroxylation is 1. The molecule has 1 N–H and O–H groups in total. The Labute approximate surface area is 204 Å². The summed E-state index contributed by atoms with van der Waals surface area (Å²) in [5, 5.41) is 3.57. The van der Waals surface area contributed by atoms with Gasteiger partial charge in [0.25, 0.3) is 0 Å². The molecule has 0 bridgehead atoms. The number of amides is 2. The maximum Gasteiger partial charge on any atom is 0.433 e. The van der Waals surface area contributed by atoms with E-state index in [1.54, 1.807) is 11.8 Å². The lowest BCUT2D eigenvalue weighted by Gasteiger charge is -2.49. The van der Waals surface area contributed by atoms with Crippen molar-refractivity contribution in [1.29, 1.82) is 0 Å². The Hall–Kier alpha value is -2.61. The van der Waals surface area contributed by atoms with E-state index in [-0.39, 0.29) is 17.1 Å². The van der Waals surface area contributed by atoms with Crippen LogP contribution in [0.1, 0.15) is 61.8 Å². The molecule has 2 aliphatic carbocycles. The summed E-state index contributed by atoms with van der Waals surface area (Å²) in [7, 11) is 2.00. The fourth-order valence-corrected chi connectivity index (χ4v) is 6.19. The smallest absolute Gasteiger partial charge is 0.317 e. The molecule has 8 heteroatoms. The van der Waals surface area contributed by atoms with Gasteiger partial charge in [-0.15, -0.1) is 0 Å². The largest absolute Gasteiger partial charge is 0.433 e. The minimum Gasteiger partial charge on any atom is -0.317 e. The Morgan fingerprint density at radius 2 is 1.80 bits per heavy atom. The van der Waals surface area contributed by atoms with Gasteiger partial charge in [0.15, 0.2) is 0 Å². The number of rotatable bonds is 5. The molecule has 0 unspecified atom stereocenters. The number of urea groups is 1. The van der Waals surface area contributed by atoms with E-state index >= 15 is 0 Å². The van der Waals surface area contributed by atoms with Crippen LogP contribution in [0.2, 0.25) is 0 Å². The lowest BCUT2D eigenvalue weighted by Crippen LogP contribution is -2.56. The SMILES string of the molecule is CN[C@]1(c2ccccc2)CC[C@]2(CC1)CN(c1cnc(C(F)(F)F)cc1C)C(=O)N2CC1CCC1. The average molecular weight is 487 g/mol. The summed E-state index contributed by atoms with van der Waals surface area (Å²) < 4.78 is 39.5. The summed E-state index contributed by atoms with van der Waals surface area (Å²) in [6, 6.07) is 11.4. The molecule has 5 nitrogen and oxygen atoms in total. The Morgan fingerprint density at radius 1 is 1.11 bits per heavy atom. The lowest BCUT2D eigenvalue weighted by atomic mass is 9.68. The van der Waals surface area contributed by atoms with Gasteiger partial charge in [0.2, 0.25) is 0 Å². The number of hydrogen-bond donors (Lipinski definition) is 1. The number of benzene rings is 1. The van der Waals surface area contributed by atoms with Crippen LogP contribution in [0.3, 0.4) is 0 Å². The van der Waals surface area contributed by atoms with E-state index in [1.807, 2.05) is 13.1 Å². The number of carbonyl (C=O) groups excluding carboxylic acids is 1. The number of anilines is 1. The van der Waals surface area contributed by atoms with Crippen molar-refractivity contribution in [2.45, 2.75) is 69.1 Å². The summed E-state index contributed by atoms with van der Waals surface area (Å²) in [5.41, 5.74) is 0.768. The second-order valence-corrected chi connectivity index (χ2v) is 10.6. The molecule has 2 aromatic rings. The van der Waals surface area contributed by atoms with Crippen LogP contribution in [0, 0.1) is 12.8 Å². The second-order valence-electron chi connectivity index (χ2n) is 10.6. The molecule has 1 aliphatic heterocycles. The predicted octanol–water partition coefficient (Wildman–Crippen LogP) is 5.88. The highest BCUT2D eigenvalue weighted by Gasteiger charge is 2.54. The summed E-state index contributed by atoms with van der Waals surface area (Å²) >= 11 is 0. The van der Waals surface area contributed by atoms with E-state index < -0.39 is 11.9 Å². The van der Waals surface area contributed by atoms with Crippen LogP contribution in [0.5, 0.6) is 0 Å². The zero-order valence-electron chi connectivity index (χ0n) is 20.4. The molecule has 3 aliphatic rings. The van der Waals surface area contributed by atoms with Crippen LogP contribution in [0.4, 0.5) is 23.7 Å². The maximum absolute atomic E-state index is 13.8. The molecule has 2 heterocycles. The van der Waals surface area contributed by atoms with Gasteiger partial charge in [0, 0.05) is 12.1 Å². The van der Waals surface area contributed by atoms with Crippen molar-refractivity contribution in [3.8, 4) is 0 Å². The monoisotopic (exact) mass is 486 g/mol. The predicted molar refractivity (Wildman–Crippen MR) is 129 cm³/mol. The van der Waals surface area contributed by atoms with Gasteiger partial charge in [-0.3, -0.25) is 4.90 Å². The Morgan fingerprint density at radius 3 is 2.34 bits per heavy atom. The second kappa shape index (κ2) is 8.80. The van der Waals surface area contributed by atoms with Crippen LogP contribution >= 0.6 is 0 Å². The van der Waals surface area contributed by atoms with Gasteiger partial charge >= 0.3 is 12.2 Å². The number of hydrogen-bond acceptors (Lipinski definition) is 3. The third kappa shape index (κ3) is 4.20. The van der Waals surface area contributed by atoms with E-state index in [1.165, 1.54) is 18.2 Å². The van der Waals surface area contributed by atoms with Crippen LogP contribution in [0.25, 0.3) is 0 Å². The van der Waals surface area contributed by atoms with Crippen molar-refractivity contribution < 1.29 is 18.0 Å². The van der Waals surface area contributed by atoms with Crippen molar-refractivity contribution in [3.63, 3.8) is 0 Å². The summed E-state index contributed by atoms with van der Waals surface area (Å²) in [6.07, 6.45) is 3.63. The van der Waals surface area contributed by atoms with Crippen molar-refractivity contribution in [2.75, 3.05) is 25.0 Å². The number of carbonyl (C=O) groups is 1. The van der Waals surface area contributed by atoms with E-state index in [2.05, 4.69) is 39.5 Å². The molecule has 1 aromatic carbocycles. The molecule has 2 amide bonds. The van der Waals surface area contributed by atoms with E-state index in [4.69, 9.17) is 0 Å². The standard InChI is InChI=1S/C27H33F3N4O/c1-19-15-23(27(28,29)30)32-16-22(19)33-18-25(34(24(33)35)17-20-7-6-8-20)11-13-26(31-2,14-12-25)21-9-4-3-5-10-21/h3-5,9-10,15-16,20,31H,6-8,11-14,17-18H2,1-2H3/t25-,26+. The Bertz CT molecular complexity index is 1080. The minimum absolute atomic E-state index is 0.0989. The summed E-state index contributed by atoms with van der Waals surface area (Å²) in [6.45, 7) is 2.84. The highest BCUT2D eigenvalue weighted by Crippen LogP contribution is 2.48. The number of pyridine rings is 1. The average Bonchev–Trinajstić information content (AvgIpc) is 3.08. The number of nitrogens with zero attached hydrogens (tertiary/aromatic N) is 3. The van der Waals surface area contributed by atoms with Crippen LogP contribution < -0.4 is 10.2 Å². The highest BCUT2D eigenvalue weighted by atomic mass is 19.4. The Balaban J connectivity index is 1.45. The molecule has 0 atom stereocenters. The van der Waals surface area contributed by atoms with Gasteiger partial charge in [-0.05, 0) is 75.6 Å². The number of aromatic nitrogens is 1. The molecule has 1 aromatic heterocycles. The third-order valence-corrected chi connectivity index (χ3v) is 8.66. The topological polar surface area (TPSA) is 48.5 Å². The molecular weight excluding hydrogens is 453 g/mol. The maximum atomic E-state index is 13.8. The minimum atomic E-state index is -4.51. The van der Waals surface area contributed by atoms with Crippen molar-refractivity contribution in [3.05, 3.63) is 59.4 Å². The van der Waals surface area contributed by atoms with Gasteiger partial charge in [0.05, 0.1) is 24.0 Å². The van der Waals surface area contributed by atoms with Gasteiger partial charge in [-0.1, -0.05) is 36.8 Å². The normalized spacial score (nSPS) is 27.5. The van der Waals surface area contributed by atoms with Gasteiger partial charge in [-0.2, -0.15) is 13.2 Å².